The van der Waals surface area contributed by atoms with Crippen LogP contribution in [0.5, 0.6) is 0 Å². The second-order valence-electron chi connectivity index (χ2n) is 9.08. The van der Waals surface area contributed by atoms with Gasteiger partial charge in [0.2, 0.25) is 10.0 Å². The average molecular weight is 464 g/mol. The van der Waals surface area contributed by atoms with E-state index in [2.05, 4.69) is 4.90 Å². The van der Waals surface area contributed by atoms with Gasteiger partial charge in [0, 0.05) is 43.8 Å². The first-order valence-electron chi connectivity index (χ1n) is 10.9. The number of benzene rings is 2. The fourth-order valence-electron chi connectivity index (χ4n) is 5.37. The third-order valence-electron chi connectivity index (χ3n) is 7.04. The molecule has 3 saturated heterocycles. The molecule has 2 aromatic carbocycles. The molecule has 0 spiro atoms. The Balaban J connectivity index is 1.21. The largest absolute Gasteiger partial charge is 0.370 e. The Labute approximate surface area is 187 Å². The fraction of sp³-hybridized carbons (Fsp3) is 0.478. The minimum absolute atomic E-state index is 0.0858. The van der Waals surface area contributed by atoms with Crippen LogP contribution >= 0.6 is 0 Å². The molecular formula is C23H27F2N3O3S. The number of nitrogens with two attached hydrogens (primary N) is 1. The summed E-state index contributed by atoms with van der Waals surface area (Å²) in [6.45, 7) is 2.97. The Morgan fingerprint density at radius 2 is 1.66 bits per heavy atom. The topological polar surface area (TPSA) is 75.9 Å². The fourth-order valence-corrected chi connectivity index (χ4v) is 6.95. The molecule has 2 unspecified atom stereocenters. The molecule has 6 nitrogen and oxygen atoms in total. The highest BCUT2D eigenvalue weighted by Gasteiger charge is 2.46. The van der Waals surface area contributed by atoms with Crippen molar-refractivity contribution >= 4 is 10.0 Å². The third-order valence-corrected chi connectivity index (χ3v) is 8.89. The van der Waals surface area contributed by atoms with Gasteiger partial charge in [-0.15, -0.1) is 0 Å². The molecule has 0 saturated carbocycles. The van der Waals surface area contributed by atoms with E-state index < -0.39 is 33.8 Å². The number of nitrogens with zero attached hydrogens (tertiary/aromatic N) is 2. The molecule has 0 radical (unpaired) electrons. The minimum atomic E-state index is -3.47. The lowest BCUT2D eigenvalue weighted by Crippen LogP contribution is -2.49. The highest BCUT2D eigenvalue weighted by Crippen LogP contribution is 2.38. The van der Waals surface area contributed by atoms with Crippen LogP contribution < -0.4 is 5.73 Å². The number of likely N-dealkylation sites (tertiary alicyclic amines) is 1. The first kappa shape index (κ1) is 21.9. The molecular weight excluding hydrogens is 436 g/mol. The summed E-state index contributed by atoms with van der Waals surface area (Å²) in [5, 5.41) is 0. The Kier molecular flexibility index (Phi) is 5.79. The quantitative estimate of drug-likeness (QED) is 0.754. The molecule has 32 heavy (non-hydrogen) atoms. The van der Waals surface area contributed by atoms with Crippen molar-refractivity contribution in [3.63, 3.8) is 0 Å². The SMILES string of the molecule is N[C@H]1C[C@@H](N2CC3CN(S(=O)(=O)c4ccccc4)CC3C2)CO[C@@H]1c1cc(F)ccc1F. The normalized spacial score (nSPS) is 31.7. The summed E-state index contributed by atoms with van der Waals surface area (Å²) in [6.07, 6.45) is -0.0536. The summed E-state index contributed by atoms with van der Waals surface area (Å²) in [4.78, 5) is 2.65. The maximum absolute atomic E-state index is 14.2. The van der Waals surface area contributed by atoms with E-state index in [-0.39, 0.29) is 23.4 Å². The number of fused-ring (bicyclic) bond motifs is 1. The van der Waals surface area contributed by atoms with E-state index in [4.69, 9.17) is 10.5 Å². The molecule has 5 atom stereocenters. The minimum Gasteiger partial charge on any atom is -0.370 e. The van der Waals surface area contributed by atoms with Gasteiger partial charge >= 0.3 is 0 Å². The smallest absolute Gasteiger partial charge is 0.243 e. The van der Waals surface area contributed by atoms with Gasteiger partial charge in [0.15, 0.2) is 0 Å². The summed E-state index contributed by atoms with van der Waals surface area (Å²) in [7, 11) is -3.47. The van der Waals surface area contributed by atoms with Crippen molar-refractivity contribution in [2.24, 2.45) is 17.6 Å². The van der Waals surface area contributed by atoms with Crippen molar-refractivity contribution in [1.29, 1.82) is 0 Å². The first-order chi connectivity index (χ1) is 15.3. The van der Waals surface area contributed by atoms with Crippen LogP contribution in [0.15, 0.2) is 53.4 Å². The summed E-state index contributed by atoms with van der Waals surface area (Å²) < 4.78 is 61.1. The number of halogens is 2. The van der Waals surface area contributed by atoms with E-state index >= 15 is 0 Å². The second-order valence-corrected chi connectivity index (χ2v) is 11.0. The van der Waals surface area contributed by atoms with Crippen LogP contribution in [0.4, 0.5) is 8.78 Å². The van der Waals surface area contributed by atoms with Gasteiger partial charge in [0.1, 0.15) is 17.7 Å². The van der Waals surface area contributed by atoms with Gasteiger partial charge in [-0.05, 0) is 48.6 Å². The first-order valence-corrected chi connectivity index (χ1v) is 12.4. The number of sulfonamides is 1. The van der Waals surface area contributed by atoms with Crippen LogP contribution in [0.25, 0.3) is 0 Å². The van der Waals surface area contributed by atoms with E-state index in [1.165, 1.54) is 0 Å². The van der Waals surface area contributed by atoms with Crippen molar-refractivity contribution in [1.82, 2.24) is 9.21 Å². The van der Waals surface area contributed by atoms with E-state index in [0.29, 0.717) is 31.0 Å². The van der Waals surface area contributed by atoms with Gasteiger partial charge in [-0.3, -0.25) is 4.90 Å². The maximum atomic E-state index is 14.2. The average Bonchev–Trinajstić information content (AvgIpc) is 3.36. The molecule has 0 aliphatic carbocycles. The lowest BCUT2D eigenvalue weighted by Gasteiger charge is -2.39. The summed E-state index contributed by atoms with van der Waals surface area (Å²) in [6, 6.07) is 11.5. The maximum Gasteiger partial charge on any atom is 0.243 e. The van der Waals surface area contributed by atoms with Crippen molar-refractivity contribution in [2.75, 3.05) is 32.8 Å². The number of hydrogen-bond donors (Lipinski definition) is 1. The zero-order chi connectivity index (χ0) is 22.5. The van der Waals surface area contributed by atoms with Gasteiger partial charge in [0.05, 0.1) is 11.5 Å². The molecule has 172 valence electrons. The number of hydrogen-bond acceptors (Lipinski definition) is 5. The monoisotopic (exact) mass is 463 g/mol. The molecule has 0 bridgehead atoms. The Morgan fingerprint density at radius 3 is 2.31 bits per heavy atom. The summed E-state index contributed by atoms with van der Waals surface area (Å²) >= 11 is 0. The molecule has 3 aliphatic heterocycles. The van der Waals surface area contributed by atoms with Gasteiger partial charge in [-0.1, -0.05) is 18.2 Å². The van der Waals surface area contributed by atoms with E-state index in [1.54, 1.807) is 34.6 Å². The summed E-state index contributed by atoms with van der Waals surface area (Å²) in [5.41, 5.74) is 6.48. The van der Waals surface area contributed by atoms with Gasteiger partial charge in [-0.2, -0.15) is 4.31 Å². The van der Waals surface area contributed by atoms with E-state index in [0.717, 1.165) is 31.3 Å². The molecule has 2 aromatic rings. The molecule has 0 aromatic heterocycles. The molecule has 5 rings (SSSR count). The molecule has 3 heterocycles. The van der Waals surface area contributed by atoms with Crippen LogP contribution in [0.1, 0.15) is 18.1 Å². The summed E-state index contributed by atoms with van der Waals surface area (Å²) in [5.74, 6) is -0.492. The van der Waals surface area contributed by atoms with Crippen LogP contribution in [-0.2, 0) is 14.8 Å². The van der Waals surface area contributed by atoms with E-state index in [1.807, 2.05) is 0 Å². The van der Waals surface area contributed by atoms with Crippen molar-refractivity contribution < 1.29 is 21.9 Å². The van der Waals surface area contributed by atoms with Gasteiger partial charge < -0.3 is 10.5 Å². The van der Waals surface area contributed by atoms with Crippen LogP contribution in [-0.4, -0.2) is 62.5 Å². The number of rotatable bonds is 4. The molecule has 2 N–H and O–H groups in total. The van der Waals surface area contributed by atoms with E-state index in [9.17, 15) is 17.2 Å². The lowest BCUT2D eigenvalue weighted by molar-refractivity contribution is -0.0485. The molecule has 3 aliphatic rings. The molecule has 9 heteroatoms. The van der Waals surface area contributed by atoms with Crippen molar-refractivity contribution in [2.45, 2.75) is 29.5 Å². The van der Waals surface area contributed by atoms with Crippen molar-refractivity contribution in [3.05, 3.63) is 65.7 Å². The Hall–Kier alpha value is -1.91. The Morgan fingerprint density at radius 1 is 0.969 bits per heavy atom. The predicted molar refractivity (Wildman–Crippen MR) is 115 cm³/mol. The highest BCUT2D eigenvalue weighted by atomic mass is 32.2. The van der Waals surface area contributed by atoms with Gasteiger partial charge in [0.25, 0.3) is 0 Å². The standard InChI is InChI=1S/C23H27F2N3O3S/c24-17-6-7-21(25)20(8-17)23-22(26)9-18(14-31-23)27-10-15-12-28(13-16(15)11-27)32(29,30)19-4-2-1-3-5-19/h1-8,15-16,18,22-23H,9-14,26H2/t15?,16?,18-,22+,23-/m1/s1. The Bertz CT molecular complexity index is 1070. The number of ether oxygens (including phenoxy) is 1. The second kappa shape index (κ2) is 8.46. The third kappa shape index (κ3) is 3.97. The molecule has 3 fully saturated rings. The van der Waals surface area contributed by atoms with Gasteiger partial charge in [-0.25, -0.2) is 17.2 Å². The van der Waals surface area contributed by atoms with Crippen LogP contribution in [0.2, 0.25) is 0 Å². The van der Waals surface area contributed by atoms with Crippen LogP contribution in [0.3, 0.4) is 0 Å². The zero-order valence-corrected chi connectivity index (χ0v) is 18.4. The zero-order valence-electron chi connectivity index (χ0n) is 17.6. The molecule has 0 amide bonds. The predicted octanol–water partition coefficient (Wildman–Crippen LogP) is 2.37. The van der Waals surface area contributed by atoms with Crippen molar-refractivity contribution in [3.8, 4) is 0 Å². The van der Waals surface area contributed by atoms with Crippen LogP contribution in [0, 0.1) is 23.5 Å². The lowest BCUT2D eigenvalue weighted by atomic mass is 9.93. The highest BCUT2D eigenvalue weighted by molar-refractivity contribution is 7.89.